The first-order valence-corrected chi connectivity index (χ1v) is 12.4. The fourth-order valence-electron chi connectivity index (χ4n) is 3.68. The highest BCUT2D eigenvalue weighted by Crippen LogP contribution is 2.37. The van der Waals surface area contributed by atoms with Crippen molar-refractivity contribution in [3.8, 4) is 16.8 Å². The average Bonchev–Trinajstić information content (AvgIpc) is 3.15. The Balaban J connectivity index is 1.85. The minimum absolute atomic E-state index is 0.152. The van der Waals surface area contributed by atoms with Crippen LogP contribution in [0.2, 0.25) is 10.0 Å². The van der Waals surface area contributed by atoms with Crippen molar-refractivity contribution >= 4 is 39.8 Å². The third kappa shape index (κ3) is 4.47. The van der Waals surface area contributed by atoms with E-state index in [4.69, 9.17) is 23.2 Å². The van der Waals surface area contributed by atoms with E-state index in [-0.39, 0.29) is 4.90 Å². The van der Waals surface area contributed by atoms with Crippen LogP contribution in [0.5, 0.6) is 0 Å². The summed E-state index contributed by atoms with van der Waals surface area (Å²) in [5.41, 5.74) is 3.85. The van der Waals surface area contributed by atoms with Crippen molar-refractivity contribution in [3.05, 3.63) is 99.8 Å². The molecule has 1 atom stereocenters. The SMILES string of the molecule is C=NC(c1nn(-c2ccccc2Cl)cc1C)S(=O)(=O)c1ccc(C)cc1-c1ccc(Cl)cc1. The van der Waals surface area contributed by atoms with E-state index in [0.29, 0.717) is 32.6 Å². The molecule has 8 heteroatoms. The van der Waals surface area contributed by atoms with E-state index in [9.17, 15) is 8.42 Å². The first-order valence-electron chi connectivity index (χ1n) is 10.1. The summed E-state index contributed by atoms with van der Waals surface area (Å²) in [6.07, 6.45) is 1.74. The molecule has 1 aromatic heterocycles. The molecule has 0 aliphatic rings. The number of para-hydroxylation sites is 1. The van der Waals surface area contributed by atoms with Crippen molar-refractivity contribution < 1.29 is 8.42 Å². The lowest BCUT2D eigenvalue weighted by Crippen LogP contribution is -2.15. The minimum atomic E-state index is -3.98. The van der Waals surface area contributed by atoms with Gasteiger partial charge in [0.15, 0.2) is 5.37 Å². The molecular formula is C25H21Cl2N3O2S. The molecule has 0 radical (unpaired) electrons. The van der Waals surface area contributed by atoms with Crippen molar-refractivity contribution in [1.82, 2.24) is 9.78 Å². The Hall–Kier alpha value is -2.93. The van der Waals surface area contributed by atoms with E-state index in [1.807, 2.05) is 31.2 Å². The van der Waals surface area contributed by atoms with Crippen LogP contribution in [0.1, 0.15) is 22.2 Å². The van der Waals surface area contributed by atoms with Gasteiger partial charge in [0.1, 0.15) is 5.69 Å². The van der Waals surface area contributed by atoms with Crippen LogP contribution in [0.25, 0.3) is 16.8 Å². The normalized spacial score (nSPS) is 12.5. The summed E-state index contributed by atoms with van der Waals surface area (Å²) in [4.78, 5) is 4.15. The summed E-state index contributed by atoms with van der Waals surface area (Å²) in [6, 6.07) is 19.5. The third-order valence-corrected chi connectivity index (χ3v) is 7.83. The topological polar surface area (TPSA) is 64.3 Å². The van der Waals surface area contributed by atoms with Gasteiger partial charge in [-0.25, -0.2) is 13.1 Å². The maximum absolute atomic E-state index is 13.9. The lowest BCUT2D eigenvalue weighted by Gasteiger charge is -2.16. The highest BCUT2D eigenvalue weighted by atomic mass is 35.5. The van der Waals surface area contributed by atoms with E-state index in [0.717, 1.165) is 11.1 Å². The van der Waals surface area contributed by atoms with Crippen LogP contribution < -0.4 is 0 Å². The molecule has 0 aliphatic carbocycles. The van der Waals surface area contributed by atoms with E-state index >= 15 is 0 Å². The molecule has 0 amide bonds. The molecule has 0 N–H and O–H groups in total. The van der Waals surface area contributed by atoms with Gasteiger partial charge in [-0.1, -0.05) is 65.2 Å². The summed E-state index contributed by atoms with van der Waals surface area (Å²) < 4.78 is 29.3. The van der Waals surface area contributed by atoms with Crippen molar-refractivity contribution in [3.63, 3.8) is 0 Å². The maximum Gasteiger partial charge on any atom is 0.207 e. The van der Waals surface area contributed by atoms with E-state index < -0.39 is 15.2 Å². The van der Waals surface area contributed by atoms with Crippen LogP contribution in [-0.2, 0) is 9.84 Å². The van der Waals surface area contributed by atoms with E-state index in [2.05, 4.69) is 16.8 Å². The quantitative estimate of drug-likeness (QED) is 0.280. The summed E-state index contributed by atoms with van der Waals surface area (Å²) in [5, 5.41) is 4.33. The highest BCUT2D eigenvalue weighted by molar-refractivity contribution is 7.91. The zero-order valence-corrected chi connectivity index (χ0v) is 20.4. The Morgan fingerprint density at radius 1 is 1.00 bits per heavy atom. The van der Waals surface area contributed by atoms with Gasteiger partial charge in [0.05, 0.1) is 15.6 Å². The fraction of sp³-hybridized carbons (Fsp3) is 0.120. The predicted molar refractivity (Wildman–Crippen MR) is 134 cm³/mol. The average molecular weight is 498 g/mol. The molecular weight excluding hydrogens is 477 g/mol. The number of rotatable bonds is 6. The maximum atomic E-state index is 13.9. The van der Waals surface area contributed by atoms with E-state index in [1.165, 1.54) is 0 Å². The molecule has 168 valence electrons. The second-order valence-electron chi connectivity index (χ2n) is 7.68. The van der Waals surface area contributed by atoms with Crippen molar-refractivity contribution in [1.29, 1.82) is 0 Å². The van der Waals surface area contributed by atoms with Crippen LogP contribution in [0, 0.1) is 13.8 Å². The molecule has 1 unspecified atom stereocenters. The first-order chi connectivity index (χ1) is 15.7. The number of hydrogen-bond donors (Lipinski definition) is 0. The highest BCUT2D eigenvalue weighted by Gasteiger charge is 2.34. The first kappa shape index (κ1) is 23.2. The fourth-order valence-corrected chi connectivity index (χ4v) is 5.73. The number of hydrogen-bond acceptors (Lipinski definition) is 4. The van der Waals surface area contributed by atoms with Crippen LogP contribution in [0.4, 0.5) is 0 Å². The monoisotopic (exact) mass is 497 g/mol. The molecule has 5 nitrogen and oxygen atoms in total. The van der Waals surface area contributed by atoms with Gasteiger partial charge in [-0.15, -0.1) is 0 Å². The summed E-state index contributed by atoms with van der Waals surface area (Å²) in [7, 11) is -3.98. The Morgan fingerprint density at radius 3 is 2.36 bits per heavy atom. The Morgan fingerprint density at radius 2 is 1.70 bits per heavy atom. The molecule has 0 aliphatic heterocycles. The minimum Gasteiger partial charge on any atom is -0.274 e. The van der Waals surface area contributed by atoms with Gasteiger partial charge in [-0.2, -0.15) is 5.10 Å². The van der Waals surface area contributed by atoms with Gasteiger partial charge in [0.2, 0.25) is 9.84 Å². The summed E-state index contributed by atoms with van der Waals surface area (Å²) in [6.45, 7) is 7.28. The molecule has 4 aromatic rings. The number of sulfone groups is 1. The van der Waals surface area contributed by atoms with Gasteiger partial charge in [-0.3, -0.25) is 4.99 Å². The molecule has 4 rings (SSSR count). The predicted octanol–water partition coefficient (Wildman–Crippen LogP) is 6.64. The molecule has 0 bridgehead atoms. The van der Waals surface area contributed by atoms with E-state index in [1.54, 1.807) is 60.3 Å². The zero-order valence-electron chi connectivity index (χ0n) is 18.0. The Labute approximate surface area is 203 Å². The number of nitrogens with zero attached hydrogens (tertiary/aromatic N) is 3. The number of aryl methyl sites for hydroxylation is 2. The Kier molecular flexibility index (Phi) is 6.43. The van der Waals surface area contributed by atoms with Crippen LogP contribution in [0.3, 0.4) is 0 Å². The molecule has 3 aromatic carbocycles. The Bertz CT molecular complexity index is 1450. The number of benzene rings is 3. The van der Waals surface area contributed by atoms with Gasteiger partial charge in [-0.05, 0) is 62.0 Å². The molecule has 0 spiro atoms. The van der Waals surface area contributed by atoms with Gasteiger partial charge in [0, 0.05) is 16.8 Å². The van der Waals surface area contributed by atoms with Crippen LogP contribution in [-0.4, -0.2) is 24.9 Å². The molecule has 1 heterocycles. The van der Waals surface area contributed by atoms with Crippen LogP contribution in [0.15, 0.2) is 82.8 Å². The van der Waals surface area contributed by atoms with Crippen molar-refractivity contribution in [2.24, 2.45) is 4.99 Å². The lowest BCUT2D eigenvalue weighted by molar-refractivity contribution is 0.582. The second kappa shape index (κ2) is 9.14. The summed E-state index contributed by atoms with van der Waals surface area (Å²) >= 11 is 12.3. The van der Waals surface area contributed by atoms with Crippen molar-refractivity contribution in [2.75, 3.05) is 0 Å². The largest absolute Gasteiger partial charge is 0.274 e. The van der Waals surface area contributed by atoms with Gasteiger partial charge >= 0.3 is 0 Å². The smallest absolute Gasteiger partial charge is 0.207 e. The molecule has 0 saturated carbocycles. The second-order valence-corrected chi connectivity index (χ2v) is 10.5. The van der Waals surface area contributed by atoms with Gasteiger partial charge in [0.25, 0.3) is 0 Å². The third-order valence-electron chi connectivity index (χ3n) is 5.33. The summed E-state index contributed by atoms with van der Waals surface area (Å²) in [5.74, 6) is 0. The molecule has 0 saturated heterocycles. The molecule has 33 heavy (non-hydrogen) atoms. The van der Waals surface area contributed by atoms with Crippen molar-refractivity contribution in [2.45, 2.75) is 24.1 Å². The molecule has 0 fully saturated rings. The standard InChI is InChI=1S/C25H21Cl2N3O2S/c1-16-8-13-23(20(14-16)18-9-11-19(26)12-10-18)33(31,32)25(28-3)24-17(2)15-30(29-24)22-7-5-4-6-21(22)27/h4-15,25H,3H2,1-2H3. The number of halogens is 2. The lowest BCUT2D eigenvalue weighted by atomic mass is 10.0. The number of aromatic nitrogens is 2. The van der Waals surface area contributed by atoms with Crippen LogP contribution >= 0.6 is 23.2 Å². The van der Waals surface area contributed by atoms with Gasteiger partial charge < -0.3 is 0 Å². The number of aliphatic imine (C=N–C) groups is 1. The zero-order chi connectivity index (χ0) is 23.8.